The van der Waals surface area contributed by atoms with E-state index in [1.165, 1.54) is 0 Å². The molecule has 126 valence electrons. The zero-order valence-corrected chi connectivity index (χ0v) is 9.92. The maximum Gasteiger partial charge on any atom is 0.936 e. The highest BCUT2D eigenvalue weighted by molar-refractivity contribution is 6.35. The molecule has 0 heterocycles. The van der Waals surface area contributed by atoms with Gasteiger partial charge in [0.2, 0.25) is 0 Å². The van der Waals surface area contributed by atoms with Gasteiger partial charge in [-0.15, -0.1) is 34.3 Å². The molecule has 0 aliphatic rings. The molecule has 0 spiro atoms. The quantitative estimate of drug-likeness (QED) is 0.179. The Kier molecular flexibility index (Phi) is 13.1. The fourth-order valence-electron chi connectivity index (χ4n) is 0.446. The van der Waals surface area contributed by atoms with E-state index in [9.17, 15) is 34.3 Å². The second-order valence-corrected chi connectivity index (χ2v) is 1.99. The molecule has 0 aliphatic carbocycles. The van der Waals surface area contributed by atoms with Crippen molar-refractivity contribution in [3.05, 3.63) is 34.3 Å². The van der Waals surface area contributed by atoms with Crippen molar-refractivity contribution in [2.45, 2.75) is 6.16 Å². The predicted molar refractivity (Wildman–Crippen MR) is 56.6 cm³/mol. The lowest BCUT2D eigenvalue weighted by Gasteiger charge is -2.13. The highest BCUT2D eigenvalue weighted by Crippen LogP contribution is 2.18. The van der Waals surface area contributed by atoms with Gasteiger partial charge in [-0.1, -0.05) is 0 Å². The van der Waals surface area contributed by atoms with Gasteiger partial charge in [-0.25, -0.2) is 19.4 Å². The van der Waals surface area contributed by atoms with Crippen molar-refractivity contribution in [1.82, 2.24) is 0 Å². The minimum Gasteiger partial charge on any atom is -0.346 e. The SMILES string of the molecule is O=NOB(ON=O)ON=O.O=NOC(ON=O)(ON=O)ON=O. The van der Waals surface area contributed by atoms with Gasteiger partial charge in [-0.05, 0) is 0 Å². The summed E-state index contributed by atoms with van der Waals surface area (Å²) in [5, 5.41) is 11.9. The molecule has 0 aromatic heterocycles. The van der Waals surface area contributed by atoms with E-state index in [0.717, 1.165) is 0 Å². The summed E-state index contributed by atoms with van der Waals surface area (Å²) < 4.78 is 10.7. The molecule has 0 rings (SSSR count). The largest absolute Gasteiger partial charge is 0.936 e. The van der Waals surface area contributed by atoms with Gasteiger partial charge in [0.25, 0.3) is 0 Å². The monoisotopic (exact) mass is 345 g/mol. The van der Waals surface area contributed by atoms with Gasteiger partial charge in [0.05, 0.1) is 0 Å². The Morgan fingerprint density at radius 1 is 0.478 bits per heavy atom. The molecule has 0 aliphatic heterocycles. The first-order valence-electron chi connectivity index (χ1n) is 4.08. The van der Waals surface area contributed by atoms with Crippen molar-refractivity contribution in [1.29, 1.82) is 0 Å². The number of nitrogens with zero attached hydrogens (tertiary/aromatic N) is 7. The van der Waals surface area contributed by atoms with Crippen LogP contribution < -0.4 is 0 Å². The molecule has 22 heteroatoms. The minimum atomic E-state index is -3.22. The fraction of sp³-hybridized carbons (Fsp3) is 1.00. The van der Waals surface area contributed by atoms with E-state index in [2.05, 4.69) is 33.6 Å². The summed E-state index contributed by atoms with van der Waals surface area (Å²) in [5.41, 5.74) is 0. The van der Waals surface area contributed by atoms with Gasteiger partial charge in [0.1, 0.15) is 16.0 Å². The molecule has 0 fully saturated rings. The first kappa shape index (κ1) is 21.2. The van der Waals surface area contributed by atoms with E-state index >= 15 is 0 Å². The molecule has 23 heavy (non-hydrogen) atoms. The van der Waals surface area contributed by atoms with Crippen LogP contribution in [0.3, 0.4) is 0 Å². The van der Waals surface area contributed by atoms with Crippen molar-refractivity contribution < 1.29 is 33.6 Å². The molecule has 0 bridgehead atoms. The molecule has 0 unspecified atom stereocenters. The molecular formula is CBN7O14. The molecule has 0 radical (unpaired) electrons. The van der Waals surface area contributed by atoms with Crippen LogP contribution in [0.1, 0.15) is 0 Å². The zero-order chi connectivity index (χ0) is 18.0. The van der Waals surface area contributed by atoms with Gasteiger partial charge in [0, 0.05) is 0 Å². The summed E-state index contributed by atoms with van der Waals surface area (Å²) in [6, 6.07) is 0. The van der Waals surface area contributed by atoms with Crippen molar-refractivity contribution in [3.8, 4) is 0 Å². The molecule has 21 nitrogen and oxygen atoms in total. The molecule has 0 N–H and O–H groups in total. The summed E-state index contributed by atoms with van der Waals surface area (Å²) in [6.45, 7) is 0. The highest BCUT2D eigenvalue weighted by atomic mass is 17.2. The summed E-state index contributed by atoms with van der Waals surface area (Å²) >= 11 is 0. The van der Waals surface area contributed by atoms with Crippen molar-refractivity contribution in [2.24, 2.45) is 37.4 Å². The fourth-order valence-corrected chi connectivity index (χ4v) is 0.446. The minimum absolute atomic E-state index is 1.64. The van der Waals surface area contributed by atoms with E-state index in [1.54, 1.807) is 37.4 Å². The summed E-state index contributed by atoms with van der Waals surface area (Å²) in [7, 11) is -1.91. The average Bonchev–Trinajstić information content (AvgIpc) is 2.50. The zero-order valence-electron chi connectivity index (χ0n) is 9.92. The van der Waals surface area contributed by atoms with Gasteiger partial charge < -0.3 is 14.3 Å². The van der Waals surface area contributed by atoms with E-state index < -0.39 is 13.5 Å². The Morgan fingerprint density at radius 2 is 0.739 bits per heavy atom. The van der Waals surface area contributed by atoms with Gasteiger partial charge in [-0.3, -0.25) is 0 Å². The number of hydrogen-bond acceptors (Lipinski definition) is 21. The van der Waals surface area contributed by atoms with E-state index in [0.29, 0.717) is 0 Å². The summed E-state index contributed by atoms with van der Waals surface area (Å²) in [6.07, 6.45) is -3.22. The van der Waals surface area contributed by atoms with E-state index in [1.807, 2.05) is 0 Å². The van der Waals surface area contributed by atoms with Crippen LogP contribution in [-0.4, -0.2) is 13.5 Å². The molecule has 0 saturated carbocycles. The lowest BCUT2D eigenvalue weighted by Crippen LogP contribution is -2.36. The summed E-state index contributed by atoms with van der Waals surface area (Å²) in [4.78, 5) is 79.6. The molecule has 0 amide bonds. The van der Waals surface area contributed by atoms with Gasteiger partial charge in [-0.2, -0.15) is 0 Å². The third-order valence-electron chi connectivity index (χ3n) is 0.984. The molecule has 0 atom stereocenters. The van der Waals surface area contributed by atoms with Gasteiger partial charge in [0.15, 0.2) is 21.4 Å². The van der Waals surface area contributed by atoms with Crippen LogP contribution in [0.4, 0.5) is 0 Å². The third kappa shape index (κ3) is 10.3. The lowest BCUT2D eigenvalue weighted by atomic mass is 10.3. The van der Waals surface area contributed by atoms with Crippen LogP contribution in [0.2, 0.25) is 0 Å². The second kappa shape index (κ2) is 14.3. The van der Waals surface area contributed by atoms with Crippen molar-refractivity contribution >= 4 is 7.32 Å². The molecule has 0 aromatic rings. The number of rotatable bonds is 14. The molecule has 0 saturated heterocycles. The average molecular weight is 345 g/mol. The Hall–Kier alpha value is -4.14. The lowest BCUT2D eigenvalue weighted by molar-refractivity contribution is -0.505. The van der Waals surface area contributed by atoms with Crippen LogP contribution in [0.5, 0.6) is 0 Å². The summed E-state index contributed by atoms with van der Waals surface area (Å²) in [5.74, 6) is 0. The van der Waals surface area contributed by atoms with E-state index in [4.69, 9.17) is 0 Å². The van der Waals surface area contributed by atoms with Crippen LogP contribution in [0.15, 0.2) is 37.4 Å². The maximum absolute atomic E-state index is 9.50. The predicted octanol–water partition coefficient (Wildman–Crippen LogP) is 0.455. The second-order valence-electron chi connectivity index (χ2n) is 1.99. The van der Waals surface area contributed by atoms with E-state index in [-0.39, 0.29) is 0 Å². The maximum atomic E-state index is 9.50. The Labute approximate surface area is 120 Å². The van der Waals surface area contributed by atoms with Gasteiger partial charge >= 0.3 is 13.5 Å². The molecule has 0 aromatic carbocycles. The van der Waals surface area contributed by atoms with Crippen molar-refractivity contribution in [3.63, 3.8) is 0 Å². The normalized spacial score (nSPS) is 8.35. The van der Waals surface area contributed by atoms with Crippen LogP contribution in [0, 0.1) is 34.3 Å². The Balaban J connectivity index is 0. The topological polar surface area (TPSA) is 271 Å². The Morgan fingerprint density at radius 3 is 0.913 bits per heavy atom. The molecular weight excluding hydrogens is 345 g/mol. The third-order valence-corrected chi connectivity index (χ3v) is 0.984. The van der Waals surface area contributed by atoms with Crippen LogP contribution >= 0.6 is 0 Å². The van der Waals surface area contributed by atoms with Crippen LogP contribution in [0.25, 0.3) is 0 Å². The first-order valence-corrected chi connectivity index (χ1v) is 4.08. The van der Waals surface area contributed by atoms with Crippen LogP contribution in [-0.2, 0) is 33.6 Å². The standard InChI is InChI=1S/CN4O8.BN3O6/c6-2-10-1(11-3-7,12-4-8)13-5-9;5-2-8-1(9-3-6)10-4-7. The highest BCUT2D eigenvalue weighted by Gasteiger charge is 2.49. The number of hydrogen-bond donors (Lipinski definition) is 0. The first-order chi connectivity index (χ1) is 11.1. The smallest absolute Gasteiger partial charge is 0.346 e. The Bertz CT molecular complexity index is 331. The van der Waals surface area contributed by atoms with Crippen molar-refractivity contribution in [2.75, 3.05) is 0 Å².